The number of halogens is 1. The number of hydrogen-bond donors (Lipinski definition) is 1. The number of anilines is 1. The zero-order valence-corrected chi connectivity index (χ0v) is 18.8. The maximum absolute atomic E-state index is 12.6. The van der Waals surface area contributed by atoms with Crippen molar-refractivity contribution in [1.29, 1.82) is 0 Å². The van der Waals surface area contributed by atoms with Gasteiger partial charge in [-0.25, -0.2) is 4.98 Å². The van der Waals surface area contributed by atoms with E-state index in [1.165, 1.54) is 0 Å². The van der Waals surface area contributed by atoms with Crippen LogP contribution in [-0.4, -0.2) is 67.3 Å². The summed E-state index contributed by atoms with van der Waals surface area (Å²) in [6, 6.07) is 7.23. The number of ether oxygens (including phenoxy) is 2. The molecule has 0 aliphatic carbocycles. The van der Waals surface area contributed by atoms with Crippen LogP contribution in [0.5, 0.6) is 5.75 Å². The monoisotopic (exact) mass is 448 g/mol. The third kappa shape index (κ3) is 6.70. The van der Waals surface area contributed by atoms with Crippen LogP contribution in [0.25, 0.3) is 0 Å². The number of nitrogens with zero attached hydrogens (tertiary/aromatic N) is 3. The van der Waals surface area contributed by atoms with Gasteiger partial charge in [-0.1, -0.05) is 17.7 Å². The number of rotatable bonds is 9. The zero-order chi connectivity index (χ0) is 22.2. The van der Waals surface area contributed by atoms with E-state index in [9.17, 15) is 9.59 Å². The van der Waals surface area contributed by atoms with Crippen molar-refractivity contribution in [3.63, 3.8) is 0 Å². The lowest BCUT2D eigenvalue weighted by Crippen LogP contribution is -2.38. The van der Waals surface area contributed by atoms with E-state index in [4.69, 9.17) is 21.1 Å². The van der Waals surface area contributed by atoms with Crippen LogP contribution in [0.4, 0.5) is 5.95 Å². The number of amides is 1. The Bertz CT molecular complexity index is 943. The van der Waals surface area contributed by atoms with Crippen LogP contribution in [0, 0.1) is 6.92 Å². The number of hydrogen-bond acceptors (Lipinski definition) is 6. The average molecular weight is 449 g/mol. The van der Waals surface area contributed by atoms with Gasteiger partial charge in [0.05, 0.1) is 19.8 Å². The standard InChI is InChI=1S/C22H29ClN4O4/c1-16-19(21(29)25-22(24-16)27-10-13-30-14-11-27)7-8-20(28)26(2)9-4-12-31-18-6-3-5-17(23)15-18/h3,5-6,15H,4,7-14H2,1-2H3,(H,24,25,29). The number of carbonyl (C=O) groups excluding carboxylic acids is 1. The van der Waals surface area contributed by atoms with Gasteiger partial charge in [-0.15, -0.1) is 0 Å². The number of benzene rings is 1. The van der Waals surface area contributed by atoms with E-state index in [1.807, 2.05) is 24.0 Å². The number of carbonyl (C=O) groups is 1. The van der Waals surface area contributed by atoms with Crippen LogP contribution in [0.1, 0.15) is 24.1 Å². The van der Waals surface area contributed by atoms with Crippen LogP contribution in [0.2, 0.25) is 5.02 Å². The van der Waals surface area contributed by atoms with Crippen LogP contribution in [0.3, 0.4) is 0 Å². The molecule has 8 nitrogen and oxygen atoms in total. The van der Waals surface area contributed by atoms with E-state index < -0.39 is 0 Å². The van der Waals surface area contributed by atoms with E-state index in [-0.39, 0.29) is 17.9 Å². The normalized spacial score (nSPS) is 13.8. The maximum atomic E-state index is 12.6. The van der Waals surface area contributed by atoms with Crippen molar-refractivity contribution in [2.75, 3.05) is 51.4 Å². The molecule has 31 heavy (non-hydrogen) atoms. The van der Waals surface area contributed by atoms with E-state index in [2.05, 4.69) is 9.97 Å². The van der Waals surface area contributed by atoms with Crippen LogP contribution >= 0.6 is 11.6 Å². The van der Waals surface area contributed by atoms with Crippen LogP contribution in [0.15, 0.2) is 29.1 Å². The van der Waals surface area contributed by atoms with Gasteiger partial charge in [0.25, 0.3) is 5.56 Å². The van der Waals surface area contributed by atoms with Gasteiger partial charge in [0.15, 0.2) is 0 Å². The Morgan fingerprint density at radius 3 is 2.84 bits per heavy atom. The fourth-order valence-electron chi connectivity index (χ4n) is 3.41. The summed E-state index contributed by atoms with van der Waals surface area (Å²) in [5, 5.41) is 0.627. The summed E-state index contributed by atoms with van der Waals surface area (Å²) >= 11 is 5.94. The van der Waals surface area contributed by atoms with E-state index >= 15 is 0 Å². The second-order valence-electron chi connectivity index (χ2n) is 7.53. The van der Waals surface area contributed by atoms with E-state index in [0.717, 1.165) is 0 Å². The Balaban J connectivity index is 1.45. The SMILES string of the molecule is Cc1nc(N2CCOCC2)[nH]c(=O)c1CCC(=O)N(C)CCCOc1cccc(Cl)c1. The minimum Gasteiger partial charge on any atom is -0.493 e. The second kappa shape index (κ2) is 11.2. The van der Waals surface area contributed by atoms with Gasteiger partial charge in [-0.05, 0) is 38.0 Å². The van der Waals surface area contributed by atoms with Crippen LogP contribution in [-0.2, 0) is 16.0 Å². The number of aromatic amines is 1. The first-order valence-electron chi connectivity index (χ1n) is 10.5. The first-order valence-corrected chi connectivity index (χ1v) is 10.9. The molecule has 0 radical (unpaired) electrons. The summed E-state index contributed by atoms with van der Waals surface area (Å²) in [5.41, 5.74) is 1.04. The molecule has 1 aromatic heterocycles. The molecular formula is C22H29ClN4O4. The molecule has 0 bridgehead atoms. The molecule has 1 aliphatic heterocycles. The lowest BCUT2D eigenvalue weighted by molar-refractivity contribution is -0.129. The van der Waals surface area contributed by atoms with Crippen molar-refractivity contribution in [2.45, 2.75) is 26.2 Å². The van der Waals surface area contributed by atoms with Crippen molar-refractivity contribution in [3.05, 3.63) is 50.9 Å². The molecule has 1 aromatic carbocycles. The highest BCUT2D eigenvalue weighted by atomic mass is 35.5. The molecule has 1 fully saturated rings. The molecule has 0 saturated carbocycles. The Labute approximate surface area is 187 Å². The Morgan fingerprint density at radius 2 is 2.13 bits per heavy atom. The molecule has 0 atom stereocenters. The summed E-state index contributed by atoms with van der Waals surface area (Å²) in [6.45, 7) is 5.52. The van der Waals surface area contributed by atoms with Crippen molar-refractivity contribution in [3.8, 4) is 5.75 Å². The molecule has 168 valence electrons. The first-order chi connectivity index (χ1) is 14.9. The molecule has 0 unspecified atom stereocenters. The second-order valence-corrected chi connectivity index (χ2v) is 7.96. The highest BCUT2D eigenvalue weighted by Crippen LogP contribution is 2.17. The van der Waals surface area contributed by atoms with Gasteiger partial charge >= 0.3 is 0 Å². The smallest absolute Gasteiger partial charge is 0.255 e. The van der Waals surface area contributed by atoms with Gasteiger partial charge in [-0.3, -0.25) is 14.6 Å². The van der Waals surface area contributed by atoms with Crippen molar-refractivity contribution in [2.24, 2.45) is 0 Å². The Morgan fingerprint density at radius 1 is 1.35 bits per heavy atom. The van der Waals surface area contributed by atoms with Gasteiger partial charge in [0, 0.05) is 49.4 Å². The van der Waals surface area contributed by atoms with Crippen molar-refractivity contribution >= 4 is 23.5 Å². The minimum atomic E-state index is -0.181. The number of nitrogens with one attached hydrogen (secondary N) is 1. The fourth-order valence-corrected chi connectivity index (χ4v) is 3.59. The molecule has 1 saturated heterocycles. The molecule has 2 heterocycles. The number of aryl methyl sites for hydroxylation is 1. The quantitative estimate of drug-likeness (QED) is 0.593. The first kappa shape index (κ1) is 23.1. The predicted octanol–water partition coefficient (Wildman–Crippen LogP) is 2.43. The number of aromatic nitrogens is 2. The Kier molecular flexibility index (Phi) is 8.31. The van der Waals surface area contributed by atoms with E-state index in [1.54, 1.807) is 24.1 Å². The van der Waals surface area contributed by atoms with Gasteiger partial charge in [0.1, 0.15) is 5.75 Å². The summed E-state index contributed by atoms with van der Waals surface area (Å²) in [5.74, 6) is 1.26. The molecular weight excluding hydrogens is 420 g/mol. The summed E-state index contributed by atoms with van der Waals surface area (Å²) < 4.78 is 11.0. The molecule has 0 spiro atoms. The summed E-state index contributed by atoms with van der Waals surface area (Å²) in [7, 11) is 1.76. The predicted molar refractivity (Wildman–Crippen MR) is 120 cm³/mol. The van der Waals surface area contributed by atoms with E-state index in [0.29, 0.717) is 80.3 Å². The third-order valence-electron chi connectivity index (χ3n) is 5.24. The number of H-pyrrole nitrogens is 1. The van der Waals surface area contributed by atoms with Gasteiger partial charge in [0.2, 0.25) is 11.9 Å². The zero-order valence-electron chi connectivity index (χ0n) is 18.0. The fraction of sp³-hybridized carbons (Fsp3) is 0.500. The van der Waals surface area contributed by atoms with Gasteiger partial charge in [-0.2, -0.15) is 0 Å². The lowest BCUT2D eigenvalue weighted by Gasteiger charge is -2.27. The molecule has 9 heteroatoms. The maximum Gasteiger partial charge on any atom is 0.255 e. The highest BCUT2D eigenvalue weighted by molar-refractivity contribution is 6.30. The molecule has 1 amide bonds. The minimum absolute atomic E-state index is 0.0150. The molecule has 1 aliphatic rings. The molecule has 1 N–H and O–H groups in total. The largest absolute Gasteiger partial charge is 0.493 e. The van der Waals surface area contributed by atoms with Gasteiger partial charge < -0.3 is 19.3 Å². The van der Waals surface area contributed by atoms with Crippen LogP contribution < -0.4 is 15.2 Å². The lowest BCUT2D eigenvalue weighted by atomic mass is 10.1. The highest BCUT2D eigenvalue weighted by Gasteiger charge is 2.17. The van der Waals surface area contributed by atoms with Crippen molar-refractivity contribution in [1.82, 2.24) is 14.9 Å². The molecule has 2 aromatic rings. The summed E-state index contributed by atoms with van der Waals surface area (Å²) in [4.78, 5) is 36.1. The topological polar surface area (TPSA) is 87.8 Å². The van der Waals surface area contributed by atoms with Crippen molar-refractivity contribution < 1.29 is 14.3 Å². The summed E-state index contributed by atoms with van der Waals surface area (Å²) in [6.07, 6.45) is 1.32. The number of morpholine rings is 1. The third-order valence-corrected chi connectivity index (χ3v) is 5.47. The molecule has 3 rings (SSSR count). The Hall–Kier alpha value is -2.58. The average Bonchev–Trinajstić information content (AvgIpc) is 2.76.